The molecule has 0 aliphatic rings. The van der Waals surface area contributed by atoms with Gasteiger partial charge in [-0.15, -0.1) is 0 Å². The SMILES string of the molecule is CC(CNC(=O)c1ccsc1)c1ccccc1. The molecule has 2 aromatic rings. The first-order valence-electron chi connectivity index (χ1n) is 5.62. The van der Waals surface area contributed by atoms with Gasteiger partial charge in [0.2, 0.25) is 0 Å². The number of hydrogen-bond acceptors (Lipinski definition) is 2. The van der Waals surface area contributed by atoms with Crippen molar-refractivity contribution >= 4 is 17.2 Å². The number of carbonyl (C=O) groups is 1. The van der Waals surface area contributed by atoms with Crippen molar-refractivity contribution < 1.29 is 4.79 Å². The molecule has 1 heterocycles. The van der Waals surface area contributed by atoms with Crippen molar-refractivity contribution in [1.82, 2.24) is 5.32 Å². The summed E-state index contributed by atoms with van der Waals surface area (Å²) < 4.78 is 0. The minimum atomic E-state index is 0.00836. The molecule has 0 bridgehead atoms. The molecule has 1 aromatic heterocycles. The summed E-state index contributed by atoms with van der Waals surface area (Å²) in [6.07, 6.45) is 0. The zero-order valence-corrected chi connectivity index (χ0v) is 10.5. The van der Waals surface area contributed by atoms with E-state index < -0.39 is 0 Å². The Labute approximate surface area is 105 Å². The monoisotopic (exact) mass is 245 g/mol. The first-order valence-corrected chi connectivity index (χ1v) is 6.57. The summed E-state index contributed by atoms with van der Waals surface area (Å²) in [4.78, 5) is 11.7. The number of thiophene rings is 1. The summed E-state index contributed by atoms with van der Waals surface area (Å²) in [5.41, 5.74) is 1.99. The van der Waals surface area contributed by atoms with Crippen molar-refractivity contribution in [3.63, 3.8) is 0 Å². The van der Waals surface area contributed by atoms with Crippen molar-refractivity contribution in [2.24, 2.45) is 0 Å². The Balaban J connectivity index is 1.89. The Hall–Kier alpha value is -1.61. The molecule has 0 radical (unpaired) electrons. The van der Waals surface area contributed by atoms with Gasteiger partial charge in [0.25, 0.3) is 5.91 Å². The lowest BCUT2D eigenvalue weighted by molar-refractivity contribution is 0.0952. The van der Waals surface area contributed by atoms with E-state index in [1.165, 1.54) is 16.9 Å². The highest BCUT2D eigenvalue weighted by atomic mass is 32.1. The highest BCUT2D eigenvalue weighted by Gasteiger charge is 2.09. The first kappa shape index (κ1) is 11.9. The smallest absolute Gasteiger partial charge is 0.252 e. The van der Waals surface area contributed by atoms with Crippen molar-refractivity contribution in [3.8, 4) is 0 Å². The molecule has 1 N–H and O–H groups in total. The van der Waals surface area contributed by atoms with Gasteiger partial charge in [-0.25, -0.2) is 0 Å². The topological polar surface area (TPSA) is 29.1 Å². The van der Waals surface area contributed by atoms with Gasteiger partial charge in [-0.3, -0.25) is 4.79 Å². The van der Waals surface area contributed by atoms with Crippen LogP contribution >= 0.6 is 11.3 Å². The number of nitrogens with one attached hydrogen (secondary N) is 1. The van der Waals surface area contributed by atoms with Gasteiger partial charge in [-0.2, -0.15) is 11.3 Å². The van der Waals surface area contributed by atoms with Gasteiger partial charge >= 0.3 is 0 Å². The van der Waals surface area contributed by atoms with Crippen LogP contribution in [0.5, 0.6) is 0 Å². The second-order valence-electron chi connectivity index (χ2n) is 4.03. The highest BCUT2D eigenvalue weighted by molar-refractivity contribution is 7.08. The van der Waals surface area contributed by atoms with E-state index in [2.05, 4.69) is 24.4 Å². The number of benzene rings is 1. The van der Waals surface area contributed by atoms with E-state index in [-0.39, 0.29) is 5.91 Å². The van der Waals surface area contributed by atoms with Gasteiger partial charge in [0.05, 0.1) is 0 Å². The van der Waals surface area contributed by atoms with E-state index in [0.717, 1.165) is 5.56 Å². The van der Waals surface area contributed by atoms with Crippen LogP contribution in [-0.4, -0.2) is 12.5 Å². The summed E-state index contributed by atoms with van der Waals surface area (Å²) >= 11 is 1.54. The molecule has 1 amide bonds. The summed E-state index contributed by atoms with van der Waals surface area (Å²) in [5.74, 6) is 0.341. The van der Waals surface area contributed by atoms with E-state index >= 15 is 0 Å². The Morgan fingerprint density at radius 1 is 1.29 bits per heavy atom. The van der Waals surface area contributed by atoms with Gasteiger partial charge in [-0.05, 0) is 22.9 Å². The van der Waals surface area contributed by atoms with Gasteiger partial charge in [0.1, 0.15) is 0 Å². The number of amides is 1. The number of carbonyl (C=O) groups excluding carboxylic acids is 1. The van der Waals surface area contributed by atoms with Crippen LogP contribution in [-0.2, 0) is 0 Å². The average molecular weight is 245 g/mol. The fourth-order valence-electron chi connectivity index (χ4n) is 1.64. The van der Waals surface area contributed by atoms with Crippen LogP contribution in [0.25, 0.3) is 0 Å². The van der Waals surface area contributed by atoms with Crippen LogP contribution in [0.4, 0.5) is 0 Å². The molecule has 88 valence electrons. The second kappa shape index (κ2) is 5.64. The van der Waals surface area contributed by atoms with Gasteiger partial charge in [0, 0.05) is 17.5 Å². The maximum atomic E-state index is 11.7. The highest BCUT2D eigenvalue weighted by Crippen LogP contribution is 2.13. The molecule has 0 saturated carbocycles. The third-order valence-corrected chi connectivity index (χ3v) is 3.40. The van der Waals surface area contributed by atoms with E-state index in [1.807, 2.05) is 35.0 Å². The first-order chi connectivity index (χ1) is 8.27. The fraction of sp³-hybridized carbons (Fsp3) is 0.214. The molecular formula is C14H15NOS. The molecule has 0 spiro atoms. The van der Waals surface area contributed by atoms with Gasteiger partial charge < -0.3 is 5.32 Å². The maximum absolute atomic E-state index is 11.7. The van der Waals surface area contributed by atoms with Gasteiger partial charge in [0.15, 0.2) is 0 Å². The Kier molecular flexibility index (Phi) is 3.94. The predicted octanol–water partition coefficient (Wildman–Crippen LogP) is 3.28. The van der Waals surface area contributed by atoms with E-state index in [0.29, 0.717) is 12.5 Å². The molecular weight excluding hydrogens is 230 g/mol. The van der Waals surface area contributed by atoms with Crippen LogP contribution in [0.15, 0.2) is 47.2 Å². The Bertz CT molecular complexity index is 464. The summed E-state index contributed by atoms with van der Waals surface area (Å²) in [5, 5.41) is 6.73. The van der Waals surface area contributed by atoms with Crippen molar-refractivity contribution in [2.45, 2.75) is 12.8 Å². The molecule has 1 unspecified atom stereocenters. The van der Waals surface area contributed by atoms with E-state index in [1.54, 1.807) is 0 Å². The standard InChI is InChI=1S/C14H15NOS/c1-11(12-5-3-2-4-6-12)9-15-14(16)13-7-8-17-10-13/h2-8,10-11H,9H2,1H3,(H,15,16). The third-order valence-electron chi connectivity index (χ3n) is 2.72. The average Bonchev–Trinajstić information content (AvgIpc) is 2.90. The van der Waals surface area contributed by atoms with Crippen LogP contribution in [0.2, 0.25) is 0 Å². The Morgan fingerprint density at radius 2 is 2.06 bits per heavy atom. The summed E-state index contributed by atoms with van der Waals surface area (Å²) in [7, 11) is 0. The molecule has 0 aliphatic heterocycles. The second-order valence-corrected chi connectivity index (χ2v) is 4.81. The lowest BCUT2D eigenvalue weighted by Gasteiger charge is -2.12. The van der Waals surface area contributed by atoms with Crippen LogP contribution in [0.3, 0.4) is 0 Å². The molecule has 0 saturated heterocycles. The van der Waals surface area contributed by atoms with Crippen LogP contribution in [0.1, 0.15) is 28.8 Å². The maximum Gasteiger partial charge on any atom is 0.252 e. The van der Waals surface area contributed by atoms with Crippen molar-refractivity contribution in [3.05, 3.63) is 58.3 Å². The summed E-state index contributed by atoms with van der Waals surface area (Å²) in [6.45, 7) is 2.78. The molecule has 17 heavy (non-hydrogen) atoms. The number of rotatable bonds is 4. The van der Waals surface area contributed by atoms with Crippen LogP contribution < -0.4 is 5.32 Å². The summed E-state index contributed by atoms with van der Waals surface area (Å²) in [6, 6.07) is 12.1. The minimum Gasteiger partial charge on any atom is -0.351 e. The van der Waals surface area contributed by atoms with Gasteiger partial charge in [-0.1, -0.05) is 37.3 Å². The van der Waals surface area contributed by atoms with Crippen LogP contribution in [0, 0.1) is 0 Å². The molecule has 1 atom stereocenters. The Morgan fingerprint density at radius 3 is 2.71 bits per heavy atom. The minimum absolute atomic E-state index is 0.00836. The molecule has 1 aromatic carbocycles. The quantitative estimate of drug-likeness (QED) is 0.880. The van der Waals surface area contributed by atoms with E-state index in [9.17, 15) is 4.79 Å². The third kappa shape index (κ3) is 3.17. The lowest BCUT2D eigenvalue weighted by atomic mass is 10.0. The fourth-order valence-corrected chi connectivity index (χ4v) is 2.28. The predicted molar refractivity (Wildman–Crippen MR) is 71.5 cm³/mol. The molecule has 0 aliphatic carbocycles. The number of hydrogen-bond donors (Lipinski definition) is 1. The zero-order chi connectivity index (χ0) is 12.1. The normalized spacial score (nSPS) is 12.1. The van der Waals surface area contributed by atoms with Crippen molar-refractivity contribution in [1.29, 1.82) is 0 Å². The lowest BCUT2D eigenvalue weighted by Crippen LogP contribution is -2.27. The molecule has 2 rings (SSSR count). The molecule has 2 nitrogen and oxygen atoms in total. The molecule has 3 heteroatoms. The van der Waals surface area contributed by atoms with E-state index in [4.69, 9.17) is 0 Å². The largest absolute Gasteiger partial charge is 0.351 e. The zero-order valence-electron chi connectivity index (χ0n) is 9.72. The van der Waals surface area contributed by atoms with Crippen molar-refractivity contribution in [2.75, 3.05) is 6.54 Å². The molecule has 0 fully saturated rings.